The summed E-state index contributed by atoms with van der Waals surface area (Å²) in [6.07, 6.45) is 0.671. The zero-order valence-corrected chi connectivity index (χ0v) is 14.1. The molecule has 0 bridgehead atoms. The highest BCUT2D eigenvalue weighted by Crippen LogP contribution is 2.39. The van der Waals surface area contributed by atoms with Crippen molar-refractivity contribution in [2.45, 2.75) is 18.9 Å². The summed E-state index contributed by atoms with van der Waals surface area (Å²) in [7, 11) is 3.24. The van der Waals surface area contributed by atoms with Crippen molar-refractivity contribution in [2.75, 3.05) is 14.2 Å². The molecule has 0 saturated heterocycles. The van der Waals surface area contributed by atoms with E-state index in [9.17, 15) is 0 Å². The highest BCUT2D eigenvalue weighted by molar-refractivity contribution is 6.30. The molecule has 0 spiro atoms. The highest BCUT2D eigenvalue weighted by atomic mass is 35.5. The van der Waals surface area contributed by atoms with Crippen LogP contribution < -0.4 is 9.47 Å². The van der Waals surface area contributed by atoms with Gasteiger partial charge < -0.3 is 14.3 Å². The third kappa shape index (κ3) is 2.99. The van der Waals surface area contributed by atoms with Gasteiger partial charge in [0.05, 0.1) is 19.9 Å². The van der Waals surface area contributed by atoms with Crippen LogP contribution in [0.5, 0.6) is 11.5 Å². The Morgan fingerprint density at radius 1 is 1.04 bits per heavy atom. The van der Waals surface area contributed by atoms with Crippen molar-refractivity contribution in [3.8, 4) is 11.5 Å². The highest BCUT2D eigenvalue weighted by Gasteiger charge is 2.37. The van der Waals surface area contributed by atoms with Gasteiger partial charge in [0.25, 0.3) is 0 Å². The number of oxime groups is 1. The third-order valence-electron chi connectivity index (χ3n) is 4.03. The lowest BCUT2D eigenvalue weighted by atomic mass is 9.89. The van der Waals surface area contributed by atoms with Crippen LogP contribution in [-0.2, 0) is 10.4 Å². The number of benzene rings is 2. The van der Waals surface area contributed by atoms with Crippen molar-refractivity contribution in [1.82, 2.24) is 0 Å². The Morgan fingerprint density at radius 2 is 1.74 bits per heavy atom. The lowest BCUT2D eigenvalue weighted by Crippen LogP contribution is -2.22. The van der Waals surface area contributed by atoms with Crippen molar-refractivity contribution in [1.29, 1.82) is 0 Å². The zero-order valence-electron chi connectivity index (χ0n) is 13.3. The minimum absolute atomic E-state index is 0.533. The van der Waals surface area contributed by atoms with Gasteiger partial charge in [-0.25, -0.2) is 0 Å². The van der Waals surface area contributed by atoms with Crippen LogP contribution in [0.2, 0.25) is 5.02 Å². The van der Waals surface area contributed by atoms with Gasteiger partial charge in [-0.15, -0.1) is 0 Å². The maximum Gasteiger partial charge on any atom is 0.165 e. The smallest absolute Gasteiger partial charge is 0.165 e. The molecule has 0 amide bonds. The molecule has 23 heavy (non-hydrogen) atoms. The molecular formula is C18H18ClNO3. The van der Waals surface area contributed by atoms with Gasteiger partial charge in [-0.2, -0.15) is 0 Å². The Hall–Kier alpha value is -2.20. The van der Waals surface area contributed by atoms with Crippen molar-refractivity contribution in [3.05, 3.63) is 58.6 Å². The Labute approximate surface area is 140 Å². The van der Waals surface area contributed by atoms with E-state index in [-0.39, 0.29) is 0 Å². The Kier molecular flexibility index (Phi) is 4.18. The molecular weight excluding hydrogens is 314 g/mol. The van der Waals surface area contributed by atoms with Crippen LogP contribution in [0.25, 0.3) is 0 Å². The SMILES string of the molecule is COc1ccc(C2(C)CC(c3ccc(Cl)cc3)=NO2)cc1OC. The zero-order chi connectivity index (χ0) is 16.4. The van der Waals surface area contributed by atoms with Crippen LogP contribution in [0.4, 0.5) is 0 Å². The van der Waals surface area contributed by atoms with Crippen LogP contribution >= 0.6 is 11.6 Å². The maximum absolute atomic E-state index is 5.94. The number of methoxy groups -OCH3 is 2. The van der Waals surface area contributed by atoms with E-state index in [1.807, 2.05) is 49.4 Å². The summed E-state index contributed by atoms with van der Waals surface area (Å²) in [5, 5.41) is 4.97. The Morgan fingerprint density at radius 3 is 2.39 bits per heavy atom. The lowest BCUT2D eigenvalue weighted by Gasteiger charge is -2.23. The van der Waals surface area contributed by atoms with E-state index < -0.39 is 5.60 Å². The van der Waals surface area contributed by atoms with Crippen LogP contribution in [-0.4, -0.2) is 19.9 Å². The summed E-state index contributed by atoms with van der Waals surface area (Å²) in [5.74, 6) is 1.37. The van der Waals surface area contributed by atoms with Gasteiger partial charge in [-0.3, -0.25) is 0 Å². The van der Waals surface area contributed by atoms with Crippen molar-refractivity contribution < 1.29 is 14.3 Å². The molecule has 1 heterocycles. The summed E-state index contributed by atoms with van der Waals surface area (Å²) >= 11 is 5.94. The number of rotatable bonds is 4. The molecule has 1 aliphatic rings. The third-order valence-corrected chi connectivity index (χ3v) is 4.29. The van der Waals surface area contributed by atoms with E-state index in [1.165, 1.54) is 0 Å². The fourth-order valence-corrected chi connectivity index (χ4v) is 2.78. The van der Waals surface area contributed by atoms with Gasteiger partial charge in [0.15, 0.2) is 17.1 Å². The first kappa shape index (κ1) is 15.7. The second kappa shape index (κ2) is 6.13. The van der Waals surface area contributed by atoms with E-state index in [0.29, 0.717) is 22.9 Å². The van der Waals surface area contributed by atoms with Crippen LogP contribution in [0, 0.1) is 0 Å². The molecule has 0 saturated carbocycles. The fourth-order valence-electron chi connectivity index (χ4n) is 2.66. The van der Waals surface area contributed by atoms with Crippen molar-refractivity contribution in [3.63, 3.8) is 0 Å². The predicted molar refractivity (Wildman–Crippen MR) is 90.6 cm³/mol. The normalized spacial score (nSPS) is 19.9. The first-order chi connectivity index (χ1) is 11.1. The molecule has 3 rings (SSSR count). The molecule has 0 radical (unpaired) electrons. The first-order valence-electron chi connectivity index (χ1n) is 7.29. The number of nitrogens with zero attached hydrogens (tertiary/aromatic N) is 1. The van der Waals surface area contributed by atoms with Crippen LogP contribution in [0.3, 0.4) is 0 Å². The van der Waals surface area contributed by atoms with Gasteiger partial charge in [0.1, 0.15) is 0 Å². The van der Waals surface area contributed by atoms with Gasteiger partial charge in [0.2, 0.25) is 0 Å². The molecule has 120 valence electrons. The molecule has 0 aromatic heterocycles. The largest absolute Gasteiger partial charge is 0.493 e. The minimum atomic E-state index is -0.533. The average molecular weight is 332 g/mol. The van der Waals surface area contributed by atoms with Crippen LogP contribution in [0.1, 0.15) is 24.5 Å². The molecule has 0 N–H and O–H groups in total. The van der Waals surface area contributed by atoms with Crippen molar-refractivity contribution >= 4 is 17.3 Å². The van der Waals surface area contributed by atoms with Crippen LogP contribution in [0.15, 0.2) is 47.6 Å². The molecule has 1 aliphatic heterocycles. The molecule has 5 heteroatoms. The Balaban J connectivity index is 1.86. The summed E-state index contributed by atoms with van der Waals surface area (Å²) in [6, 6.07) is 13.4. The van der Waals surface area contributed by atoms with Gasteiger partial charge in [-0.05, 0) is 36.8 Å². The molecule has 4 nitrogen and oxygen atoms in total. The number of hydrogen-bond acceptors (Lipinski definition) is 4. The average Bonchev–Trinajstić information content (AvgIpc) is 2.98. The summed E-state index contributed by atoms with van der Waals surface area (Å²) < 4.78 is 10.7. The van der Waals surface area contributed by atoms with Crippen molar-refractivity contribution in [2.24, 2.45) is 5.16 Å². The van der Waals surface area contributed by atoms with E-state index in [4.69, 9.17) is 25.9 Å². The first-order valence-corrected chi connectivity index (χ1v) is 7.67. The molecule has 0 aliphatic carbocycles. The fraction of sp³-hybridized carbons (Fsp3) is 0.278. The molecule has 1 unspecified atom stereocenters. The second-order valence-electron chi connectivity index (χ2n) is 5.61. The number of hydrogen-bond donors (Lipinski definition) is 0. The van der Waals surface area contributed by atoms with Gasteiger partial charge >= 0.3 is 0 Å². The predicted octanol–water partition coefficient (Wildman–Crippen LogP) is 4.40. The Bertz CT molecular complexity index is 742. The molecule has 0 fully saturated rings. The maximum atomic E-state index is 5.94. The molecule has 2 aromatic rings. The second-order valence-corrected chi connectivity index (χ2v) is 6.05. The topological polar surface area (TPSA) is 40.0 Å². The summed E-state index contributed by atoms with van der Waals surface area (Å²) in [5.41, 5.74) is 2.37. The van der Waals surface area contributed by atoms with Gasteiger partial charge in [0, 0.05) is 17.0 Å². The van der Waals surface area contributed by atoms with E-state index in [2.05, 4.69) is 5.16 Å². The van der Waals surface area contributed by atoms with Gasteiger partial charge in [-0.1, -0.05) is 35.0 Å². The van der Waals surface area contributed by atoms with E-state index >= 15 is 0 Å². The molecule has 1 atom stereocenters. The summed E-state index contributed by atoms with van der Waals surface area (Å²) in [6.45, 7) is 2.01. The number of halogens is 1. The lowest BCUT2D eigenvalue weighted by molar-refractivity contribution is -0.00755. The van der Waals surface area contributed by atoms with E-state index in [1.54, 1.807) is 14.2 Å². The minimum Gasteiger partial charge on any atom is -0.493 e. The monoisotopic (exact) mass is 331 g/mol. The molecule has 2 aromatic carbocycles. The standard InChI is InChI=1S/C18H18ClNO3/c1-18(13-6-9-16(21-2)17(10-13)22-3)11-15(20-23-18)12-4-7-14(19)8-5-12/h4-10H,11H2,1-3H3. The van der Waals surface area contributed by atoms with E-state index in [0.717, 1.165) is 16.8 Å². The number of ether oxygens (including phenoxy) is 2. The quantitative estimate of drug-likeness (QED) is 0.833. The summed E-state index contributed by atoms with van der Waals surface area (Å²) in [4.78, 5) is 5.76.